The van der Waals surface area contributed by atoms with Crippen LogP contribution in [0.1, 0.15) is 38.9 Å². The van der Waals surface area contributed by atoms with Gasteiger partial charge in [-0.25, -0.2) is 9.18 Å². The average molecular weight is 334 g/mol. The van der Waals surface area contributed by atoms with Crippen molar-refractivity contribution in [2.24, 2.45) is 0 Å². The van der Waals surface area contributed by atoms with E-state index in [0.29, 0.717) is 0 Å². The molecule has 1 aromatic rings. The first kappa shape index (κ1) is 18.7. The van der Waals surface area contributed by atoms with Gasteiger partial charge in [-0.1, -0.05) is 11.6 Å². The third-order valence-corrected chi connectivity index (χ3v) is 2.92. The summed E-state index contributed by atoms with van der Waals surface area (Å²) >= 11 is 5.70. The van der Waals surface area contributed by atoms with E-state index >= 15 is 0 Å². The fourth-order valence-electron chi connectivity index (χ4n) is 1.76. The Hall–Kier alpha value is -1.37. The van der Waals surface area contributed by atoms with Crippen LogP contribution in [-0.2, 0) is 4.74 Å². The van der Waals surface area contributed by atoms with E-state index in [4.69, 9.17) is 16.3 Å². The lowest BCUT2D eigenvalue weighted by Gasteiger charge is -2.21. The number of halogens is 2. The first-order valence-electron chi connectivity index (χ1n) is 6.87. The van der Waals surface area contributed by atoms with Gasteiger partial charge in [0.15, 0.2) is 0 Å². The highest BCUT2D eigenvalue weighted by Gasteiger charge is 2.20. The number of alkyl carbamates (subject to hydrolysis) is 1. The number of carbonyl (C=O) groups is 1. The number of hydrogen-bond donors (Lipinski definition) is 3. The summed E-state index contributed by atoms with van der Waals surface area (Å²) < 4.78 is 18.3. The van der Waals surface area contributed by atoms with Crippen LogP contribution in [0.25, 0.3) is 0 Å². The number of aliphatic hydroxyl groups is 2. The second-order valence-electron chi connectivity index (χ2n) is 5.93. The van der Waals surface area contributed by atoms with Crippen molar-refractivity contribution < 1.29 is 24.1 Å². The number of rotatable bonds is 5. The Morgan fingerprint density at radius 3 is 2.55 bits per heavy atom. The van der Waals surface area contributed by atoms with Crippen molar-refractivity contribution in [3.8, 4) is 0 Å². The minimum Gasteiger partial charge on any atom is -0.444 e. The molecule has 0 aliphatic rings. The number of amides is 1. The molecule has 5 nitrogen and oxygen atoms in total. The average Bonchev–Trinajstić information content (AvgIpc) is 2.34. The molecule has 0 heterocycles. The van der Waals surface area contributed by atoms with Gasteiger partial charge in [0.2, 0.25) is 0 Å². The second-order valence-corrected chi connectivity index (χ2v) is 6.37. The molecule has 2 unspecified atom stereocenters. The van der Waals surface area contributed by atoms with Gasteiger partial charge in [-0.05, 0) is 51.0 Å². The molecule has 1 aromatic carbocycles. The normalized spacial score (nSPS) is 14.3. The SMILES string of the molecule is CC(C)(C)OC(=O)NCCC(O)C(O)c1cc(F)cc(Cl)c1. The summed E-state index contributed by atoms with van der Waals surface area (Å²) in [6.07, 6.45) is -3.00. The van der Waals surface area contributed by atoms with Crippen molar-refractivity contribution >= 4 is 17.7 Å². The molecule has 0 saturated carbocycles. The number of ether oxygens (including phenoxy) is 1. The van der Waals surface area contributed by atoms with Gasteiger partial charge in [-0.3, -0.25) is 0 Å². The molecule has 1 rings (SSSR count). The molecule has 124 valence electrons. The van der Waals surface area contributed by atoms with Crippen LogP contribution in [0, 0.1) is 5.82 Å². The van der Waals surface area contributed by atoms with Crippen molar-refractivity contribution in [2.75, 3.05) is 6.54 Å². The van der Waals surface area contributed by atoms with Gasteiger partial charge in [-0.2, -0.15) is 0 Å². The molecule has 1 amide bonds. The van der Waals surface area contributed by atoms with Crippen molar-refractivity contribution in [1.82, 2.24) is 5.32 Å². The molecular weight excluding hydrogens is 313 g/mol. The van der Waals surface area contributed by atoms with Crippen LogP contribution < -0.4 is 5.32 Å². The van der Waals surface area contributed by atoms with E-state index < -0.39 is 29.7 Å². The second kappa shape index (κ2) is 7.76. The van der Waals surface area contributed by atoms with Gasteiger partial charge in [0.25, 0.3) is 0 Å². The topological polar surface area (TPSA) is 78.8 Å². The van der Waals surface area contributed by atoms with E-state index in [-0.39, 0.29) is 23.6 Å². The van der Waals surface area contributed by atoms with E-state index in [0.717, 1.165) is 12.1 Å². The molecule has 0 aliphatic carbocycles. The summed E-state index contributed by atoms with van der Waals surface area (Å²) in [5.41, 5.74) is -0.435. The predicted octanol–water partition coefficient (Wildman–Crippen LogP) is 2.79. The lowest BCUT2D eigenvalue weighted by Crippen LogP contribution is -2.34. The first-order valence-corrected chi connectivity index (χ1v) is 7.25. The molecule has 0 aliphatic heterocycles. The largest absolute Gasteiger partial charge is 0.444 e. The maximum absolute atomic E-state index is 13.2. The summed E-state index contributed by atoms with van der Waals surface area (Å²) in [6, 6.07) is 3.58. The highest BCUT2D eigenvalue weighted by atomic mass is 35.5. The Morgan fingerprint density at radius 2 is 2.00 bits per heavy atom. The molecule has 0 spiro atoms. The minimum atomic E-state index is -1.30. The van der Waals surface area contributed by atoms with Gasteiger partial charge in [0.1, 0.15) is 17.5 Å². The van der Waals surface area contributed by atoms with Crippen LogP contribution in [0.15, 0.2) is 18.2 Å². The quantitative estimate of drug-likeness (QED) is 0.774. The molecule has 0 radical (unpaired) electrons. The lowest BCUT2D eigenvalue weighted by molar-refractivity contribution is 0.0122. The van der Waals surface area contributed by atoms with E-state index in [2.05, 4.69) is 5.32 Å². The molecular formula is C15H21ClFNO4. The third kappa shape index (κ3) is 6.60. The Balaban J connectivity index is 2.48. The van der Waals surface area contributed by atoms with Gasteiger partial charge >= 0.3 is 6.09 Å². The number of hydrogen-bond acceptors (Lipinski definition) is 4. The van der Waals surface area contributed by atoms with Gasteiger partial charge in [0.05, 0.1) is 6.10 Å². The van der Waals surface area contributed by atoms with E-state index in [1.165, 1.54) is 6.07 Å². The Bertz CT molecular complexity index is 499. The third-order valence-electron chi connectivity index (χ3n) is 2.70. The van der Waals surface area contributed by atoms with Crippen molar-refractivity contribution in [3.63, 3.8) is 0 Å². The van der Waals surface area contributed by atoms with Gasteiger partial charge in [-0.15, -0.1) is 0 Å². The number of nitrogens with one attached hydrogen (secondary N) is 1. The fraction of sp³-hybridized carbons (Fsp3) is 0.533. The van der Waals surface area contributed by atoms with Gasteiger partial charge in [0, 0.05) is 11.6 Å². The van der Waals surface area contributed by atoms with Crippen molar-refractivity contribution in [1.29, 1.82) is 0 Å². The molecule has 0 bridgehead atoms. The zero-order valence-corrected chi connectivity index (χ0v) is 13.5. The van der Waals surface area contributed by atoms with E-state index in [9.17, 15) is 19.4 Å². The van der Waals surface area contributed by atoms with E-state index in [1.54, 1.807) is 20.8 Å². The monoisotopic (exact) mass is 333 g/mol. The predicted molar refractivity (Wildman–Crippen MR) is 81.2 cm³/mol. The van der Waals surface area contributed by atoms with Crippen LogP contribution >= 0.6 is 11.6 Å². The molecule has 0 aromatic heterocycles. The van der Waals surface area contributed by atoms with Crippen LogP contribution in [0.2, 0.25) is 5.02 Å². The zero-order chi connectivity index (χ0) is 16.9. The van der Waals surface area contributed by atoms with E-state index in [1.807, 2.05) is 0 Å². The Labute approximate surface area is 134 Å². The van der Waals surface area contributed by atoms with Crippen LogP contribution in [-0.4, -0.2) is 34.6 Å². The summed E-state index contributed by atoms with van der Waals surface area (Å²) in [5.74, 6) is -0.597. The summed E-state index contributed by atoms with van der Waals surface area (Å²) in [6.45, 7) is 5.31. The zero-order valence-electron chi connectivity index (χ0n) is 12.8. The summed E-state index contributed by atoms with van der Waals surface area (Å²) in [4.78, 5) is 11.4. The molecule has 0 fully saturated rings. The van der Waals surface area contributed by atoms with Gasteiger partial charge < -0.3 is 20.3 Å². The van der Waals surface area contributed by atoms with Crippen molar-refractivity contribution in [3.05, 3.63) is 34.6 Å². The lowest BCUT2D eigenvalue weighted by atomic mass is 10.0. The molecule has 3 N–H and O–H groups in total. The molecule has 22 heavy (non-hydrogen) atoms. The molecule has 7 heteroatoms. The van der Waals surface area contributed by atoms with Crippen LogP contribution in [0.4, 0.5) is 9.18 Å². The van der Waals surface area contributed by atoms with Crippen LogP contribution in [0.5, 0.6) is 0 Å². The summed E-state index contributed by atoms with van der Waals surface area (Å²) in [7, 11) is 0. The highest BCUT2D eigenvalue weighted by molar-refractivity contribution is 6.30. The number of carbonyl (C=O) groups excluding carboxylic acids is 1. The summed E-state index contributed by atoms with van der Waals surface area (Å²) in [5, 5.41) is 22.5. The first-order chi connectivity index (χ1) is 10.1. The molecule has 0 saturated heterocycles. The standard InChI is InChI=1S/C15H21ClFNO4/c1-15(2,3)22-14(21)18-5-4-12(19)13(20)9-6-10(16)8-11(17)7-9/h6-8,12-13,19-20H,4-5H2,1-3H3,(H,18,21). The van der Waals surface area contributed by atoms with Crippen molar-refractivity contribution in [2.45, 2.75) is 45.0 Å². The number of benzene rings is 1. The minimum absolute atomic E-state index is 0.0779. The molecule has 2 atom stereocenters. The number of aliphatic hydroxyl groups excluding tert-OH is 2. The Kier molecular flexibility index (Phi) is 6.59. The Morgan fingerprint density at radius 1 is 1.36 bits per heavy atom. The van der Waals surface area contributed by atoms with Crippen LogP contribution in [0.3, 0.4) is 0 Å². The maximum Gasteiger partial charge on any atom is 0.407 e. The highest BCUT2D eigenvalue weighted by Crippen LogP contribution is 2.23. The fourth-order valence-corrected chi connectivity index (χ4v) is 1.99. The maximum atomic E-state index is 13.2. The smallest absolute Gasteiger partial charge is 0.407 e.